The summed E-state index contributed by atoms with van der Waals surface area (Å²) < 4.78 is 0. The molecule has 5 heteroatoms. The topological polar surface area (TPSA) is 87.7 Å². The molecule has 0 saturated heterocycles. The van der Waals surface area contributed by atoms with E-state index < -0.39 is 0 Å². The predicted octanol–water partition coefficient (Wildman–Crippen LogP) is 6.46. The molecule has 0 heterocycles. The van der Waals surface area contributed by atoms with Crippen LogP contribution in [0.3, 0.4) is 0 Å². The Hall–Kier alpha value is -1.36. The van der Waals surface area contributed by atoms with Gasteiger partial charge in [-0.05, 0) is 117 Å². The van der Waals surface area contributed by atoms with Crippen LogP contribution in [0.1, 0.15) is 106 Å². The van der Waals surface area contributed by atoms with Crippen LogP contribution in [0, 0.1) is 56.7 Å². The average molecular weight is 484 g/mol. The number of hydrogen-bond acceptors (Lipinski definition) is 4. The van der Waals surface area contributed by atoms with Gasteiger partial charge in [0, 0.05) is 5.41 Å². The van der Waals surface area contributed by atoms with Crippen molar-refractivity contribution in [3.05, 3.63) is 12.2 Å². The summed E-state index contributed by atoms with van der Waals surface area (Å²) in [6.45, 7) is 19.0. The molecule has 0 aromatic rings. The molecule has 196 valence electrons. The Morgan fingerprint density at radius 2 is 1.69 bits per heavy atom. The van der Waals surface area contributed by atoms with Crippen LogP contribution < -0.4 is 11.3 Å². The Morgan fingerprint density at radius 1 is 0.971 bits per heavy atom. The lowest BCUT2D eigenvalue weighted by atomic mass is 9.32. The Bertz CT molecular complexity index is 957. The fraction of sp³-hybridized carbons (Fsp3) is 0.867. The molecule has 1 amide bonds. The number of nitrogens with zero attached hydrogens (tertiary/aromatic N) is 1. The number of nitrogens with one attached hydrogen (secondary N) is 1. The summed E-state index contributed by atoms with van der Waals surface area (Å²) in [5, 5.41) is 13.5. The van der Waals surface area contributed by atoms with E-state index >= 15 is 0 Å². The molecule has 5 saturated carbocycles. The third kappa shape index (κ3) is 2.97. The fourth-order valence-electron chi connectivity index (χ4n) is 11.7. The number of hydrazine groups is 1. The molecule has 35 heavy (non-hydrogen) atoms. The first-order chi connectivity index (χ1) is 16.3. The molecule has 5 fully saturated rings. The largest absolute Gasteiger partial charge is 0.411 e. The van der Waals surface area contributed by atoms with Crippen LogP contribution in [0.25, 0.3) is 0 Å². The van der Waals surface area contributed by atoms with Crippen LogP contribution in [0.2, 0.25) is 0 Å². The van der Waals surface area contributed by atoms with Crippen molar-refractivity contribution in [2.24, 2.45) is 67.7 Å². The lowest BCUT2D eigenvalue weighted by molar-refractivity contribution is -0.227. The molecule has 0 radical (unpaired) electrons. The molecule has 4 N–H and O–H groups in total. The average Bonchev–Trinajstić information content (AvgIpc) is 3.20. The van der Waals surface area contributed by atoms with Crippen molar-refractivity contribution >= 4 is 11.6 Å². The first-order valence-electron chi connectivity index (χ1n) is 14.2. The molecule has 0 spiro atoms. The zero-order chi connectivity index (χ0) is 25.6. The van der Waals surface area contributed by atoms with E-state index in [4.69, 9.17) is 5.84 Å². The van der Waals surface area contributed by atoms with Crippen LogP contribution in [0.4, 0.5) is 0 Å². The minimum atomic E-state index is -0.327. The van der Waals surface area contributed by atoms with Crippen LogP contribution in [0.5, 0.6) is 0 Å². The molecule has 5 nitrogen and oxygen atoms in total. The van der Waals surface area contributed by atoms with E-state index in [9.17, 15) is 10.0 Å². The lowest BCUT2D eigenvalue weighted by Gasteiger charge is -2.72. The van der Waals surface area contributed by atoms with Crippen molar-refractivity contribution in [1.82, 2.24) is 5.43 Å². The van der Waals surface area contributed by atoms with Gasteiger partial charge in [-0.1, -0.05) is 51.9 Å². The highest BCUT2D eigenvalue weighted by molar-refractivity contribution is 5.90. The second-order valence-corrected chi connectivity index (χ2v) is 14.6. The van der Waals surface area contributed by atoms with Gasteiger partial charge in [-0.15, -0.1) is 0 Å². The maximum atomic E-state index is 13.4. The smallest absolute Gasteiger partial charge is 0.240 e. The Kier molecular flexibility index (Phi) is 5.65. The summed E-state index contributed by atoms with van der Waals surface area (Å²) in [5.41, 5.74) is 5.16. The summed E-state index contributed by atoms with van der Waals surface area (Å²) in [5.74, 6) is 8.38. The molecule has 5 aliphatic carbocycles. The number of fused-ring (bicyclic) bond motifs is 7. The number of allylic oxidation sites excluding steroid dienone is 1. The van der Waals surface area contributed by atoms with Crippen LogP contribution in [-0.4, -0.2) is 16.8 Å². The number of oxime groups is 1. The van der Waals surface area contributed by atoms with Gasteiger partial charge < -0.3 is 5.21 Å². The number of rotatable bonds is 2. The monoisotopic (exact) mass is 483 g/mol. The van der Waals surface area contributed by atoms with E-state index in [2.05, 4.69) is 58.7 Å². The van der Waals surface area contributed by atoms with Crippen molar-refractivity contribution in [2.45, 2.75) is 106 Å². The van der Waals surface area contributed by atoms with Crippen LogP contribution in [0.15, 0.2) is 17.3 Å². The first-order valence-corrected chi connectivity index (χ1v) is 14.2. The van der Waals surface area contributed by atoms with Crippen LogP contribution in [-0.2, 0) is 4.79 Å². The predicted molar refractivity (Wildman–Crippen MR) is 141 cm³/mol. The standard InChI is InChI=1S/C30H49N3O2/c1-18(2)19-10-15-30(25(34)32-31)17-16-28(6)20(24(19)30)8-9-22-27(5)13-12-23(33-35)26(3,4)21(27)11-14-29(22,28)7/h19-22,24,35H,1,8-17,31H2,2-7H3,(H,32,34)/b33-23+/t19-,20+,21-,22+,24+,27-,28-,29+,30-/m0/s1. The number of carbonyl (C=O) groups excluding carboxylic acids is 1. The highest BCUT2D eigenvalue weighted by Crippen LogP contribution is 2.77. The Balaban J connectivity index is 1.56. The maximum Gasteiger partial charge on any atom is 0.240 e. The van der Waals surface area contributed by atoms with Crippen molar-refractivity contribution in [1.29, 1.82) is 0 Å². The second kappa shape index (κ2) is 7.82. The van der Waals surface area contributed by atoms with Gasteiger partial charge >= 0.3 is 0 Å². The van der Waals surface area contributed by atoms with Gasteiger partial charge in [0.2, 0.25) is 5.91 Å². The van der Waals surface area contributed by atoms with E-state index in [0.29, 0.717) is 29.6 Å². The van der Waals surface area contributed by atoms with Gasteiger partial charge in [0.1, 0.15) is 0 Å². The minimum Gasteiger partial charge on any atom is -0.411 e. The molecular formula is C30H49N3O2. The minimum absolute atomic E-state index is 0.0573. The van der Waals surface area contributed by atoms with Crippen molar-refractivity contribution in [3.63, 3.8) is 0 Å². The second-order valence-electron chi connectivity index (χ2n) is 14.6. The number of hydrogen-bond donors (Lipinski definition) is 3. The van der Waals surface area contributed by atoms with Crippen LogP contribution >= 0.6 is 0 Å². The van der Waals surface area contributed by atoms with Gasteiger partial charge in [-0.2, -0.15) is 0 Å². The van der Waals surface area contributed by atoms with E-state index in [-0.39, 0.29) is 33.0 Å². The third-order valence-electron chi connectivity index (χ3n) is 13.6. The number of nitrogens with two attached hydrogens (primary N) is 1. The van der Waals surface area contributed by atoms with E-state index in [1.54, 1.807) is 0 Å². The molecular weight excluding hydrogens is 434 g/mol. The number of carbonyl (C=O) groups is 1. The molecule has 0 aromatic heterocycles. The molecule has 0 aliphatic heterocycles. The highest BCUT2D eigenvalue weighted by Gasteiger charge is 2.71. The third-order valence-corrected chi connectivity index (χ3v) is 13.6. The molecule has 9 atom stereocenters. The molecule has 0 bridgehead atoms. The number of amides is 1. The summed E-state index contributed by atoms with van der Waals surface area (Å²) in [4.78, 5) is 13.4. The quantitative estimate of drug-likeness (QED) is 0.138. The SMILES string of the molecule is C=C(C)[C@@H]1CC[C@]2(C(=O)NN)CC[C@@]3(C)[C@H](CC[C@@H]4[C@@]5(C)CC/C(=N\O)C(C)(C)[C@@H]5CC[C@]43C)[C@@H]12. The van der Waals surface area contributed by atoms with Gasteiger partial charge in [-0.3, -0.25) is 10.2 Å². The summed E-state index contributed by atoms with van der Waals surface area (Å²) >= 11 is 0. The van der Waals surface area contributed by atoms with Crippen molar-refractivity contribution in [2.75, 3.05) is 0 Å². The maximum absolute atomic E-state index is 13.4. The van der Waals surface area contributed by atoms with Gasteiger partial charge in [0.25, 0.3) is 0 Å². The molecule has 0 unspecified atom stereocenters. The zero-order valence-electron chi connectivity index (χ0n) is 23.0. The van der Waals surface area contributed by atoms with E-state index in [1.807, 2.05) is 0 Å². The van der Waals surface area contributed by atoms with Crippen molar-refractivity contribution < 1.29 is 10.0 Å². The zero-order valence-corrected chi connectivity index (χ0v) is 23.0. The first kappa shape index (κ1) is 25.3. The van der Waals surface area contributed by atoms with Gasteiger partial charge in [-0.25, -0.2) is 5.84 Å². The summed E-state index contributed by atoms with van der Waals surface area (Å²) in [6.07, 6.45) is 11.0. The highest BCUT2D eigenvalue weighted by atomic mass is 16.4. The van der Waals surface area contributed by atoms with E-state index in [0.717, 1.165) is 44.2 Å². The normalized spacial score (nSPS) is 51.5. The van der Waals surface area contributed by atoms with Gasteiger partial charge in [0.15, 0.2) is 0 Å². The Morgan fingerprint density at radius 3 is 2.31 bits per heavy atom. The summed E-state index contributed by atoms with van der Waals surface area (Å²) in [6, 6.07) is 0. The van der Waals surface area contributed by atoms with E-state index in [1.165, 1.54) is 31.3 Å². The van der Waals surface area contributed by atoms with Crippen molar-refractivity contribution in [3.8, 4) is 0 Å². The Labute approximate surface area is 212 Å². The summed E-state index contributed by atoms with van der Waals surface area (Å²) in [7, 11) is 0. The molecule has 5 rings (SSSR count). The fourth-order valence-corrected chi connectivity index (χ4v) is 11.7. The molecule has 0 aromatic carbocycles. The lowest BCUT2D eigenvalue weighted by Crippen LogP contribution is -2.67. The molecule has 5 aliphatic rings. The van der Waals surface area contributed by atoms with Gasteiger partial charge in [0.05, 0.1) is 11.1 Å².